The van der Waals surface area contributed by atoms with Crippen LogP contribution in [0, 0.1) is 0 Å². The van der Waals surface area contributed by atoms with Crippen LogP contribution in [0.4, 0.5) is 5.69 Å². The zero-order valence-electron chi connectivity index (χ0n) is 19.1. The number of hydrogen-bond donors (Lipinski definition) is 1. The van der Waals surface area contributed by atoms with Crippen molar-refractivity contribution in [2.45, 2.75) is 12.1 Å². The summed E-state index contributed by atoms with van der Waals surface area (Å²) in [6, 6.07) is 26.9. The number of aromatic nitrogens is 3. The molecule has 0 bridgehead atoms. The number of benzene rings is 3. The molecule has 0 atom stereocenters. The molecular formula is C27H24N4O3S. The van der Waals surface area contributed by atoms with E-state index in [1.165, 1.54) is 17.8 Å². The summed E-state index contributed by atoms with van der Waals surface area (Å²) in [5, 5.41) is 12.3. The van der Waals surface area contributed by atoms with E-state index in [1.807, 2.05) is 77.4 Å². The number of nitrogens with zero attached hydrogens (tertiary/aromatic N) is 3. The second-order valence-electron chi connectivity index (χ2n) is 7.39. The van der Waals surface area contributed by atoms with Gasteiger partial charge in [-0.1, -0.05) is 72.4 Å². The van der Waals surface area contributed by atoms with Crippen molar-refractivity contribution in [1.29, 1.82) is 0 Å². The van der Waals surface area contributed by atoms with E-state index in [9.17, 15) is 9.59 Å². The monoisotopic (exact) mass is 484 g/mol. The Bertz CT molecular complexity index is 1300. The Kier molecular flexibility index (Phi) is 8.08. The van der Waals surface area contributed by atoms with Gasteiger partial charge in [0.1, 0.15) is 0 Å². The quantitative estimate of drug-likeness (QED) is 0.199. The van der Waals surface area contributed by atoms with Crippen molar-refractivity contribution in [3.8, 4) is 17.1 Å². The number of rotatable bonds is 9. The molecule has 35 heavy (non-hydrogen) atoms. The predicted molar refractivity (Wildman–Crippen MR) is 138 cm³/mol. The Morgan fingerprint density at radius 2 is 1.63 bits per heavy atom. The van der Waals surface area contributed by atoms with Crippen LogP contribution in [0.1, 0.15) is 12.5 Å². The van der Waals surface area contributed by atoms with Gasteiger partial charge >= 0.3 is 5.97 Å². The minimum Gasteiger partial charge on any atom is -0.463 e. The van der Waals surface area contributed by atoms with E-state index in [-0.39, 0.29) is 17.6 Å². The first-order valence-corrected chi connectivity index (χ1v) is 12.1. The van der Waals surface area contributed by atoms with Crippen LogP contribution in [0.15, 0.2) is 96.2 Å². The van der Waals surface area contributed by atoms with E-state index in [0.717, 1.165) is 16.8 Å². The highest BCUT2D eigenvalue weighted by molar-refractivity contribution is 7.99. The average molecular weight is 485 g/mol. The van der Waals surface area contributed by atoms with Crippen LogP contribution in [0.25, 0.3) is 23.2 Å². The Morgan fingerprint density at radius 3 is 2.31 bits per heavy atom. The molecule has 3 aromatic carbocycles. The lowest BCUT2D eigenvalue weighted by atomic mass is 10.2. The fourth-order valence-electron chi connectivity index (χ4n) is 3.31. The summed E-state index contributed by atoms with van der Waals surface area (Å²) >= 11 is 1.32. The summed E-state index contributed by atoms with van der Waals surface area (Å²) in [5.41, 5.74) is 3.36. The summed E-state index contributed by atoms with van der Waals surface area (Å²) in [6.07, 6.45) is 3.04. The lowest BCUT2D eigenvalue weighted by Crippen LogP contribution is -2.14. The van der Waals surface area contributed by atoms with Gasteiger partial charge < -0.3 is 10.1 Å². The lowest BCUT2D eigenvalue weighted by molar-refractivity contribution is -0.137. The molecule has 1 aromatic heterocycles. The van der Waals surface area contributed by atoms with Crippen molar-refractivity contribution in [1.82, 2.24) is 14.8 Å². The smallest absolute Gasteiger partial charge is 0.330 e. The van der Waals surface area contributed by atoms with E-state index < -0.39 is 0 Å². The molecule has 1 N–H and O–H groups in total. The summed E-state index contributed by atoms with van der Waals surface area (Å²) in [7, 11) is 0. The Balaban J connectivity index is 1.43. The molecule has 0 aliphatic rings. The Hall–Kier alpha value is -4.17. The maximum Gasteiger partial charge on any atom is 0.330 e. The molecular weight excluding hydrogens is 460 g/mol. The van der Waals surface area contributed by atoms with E-state index >= 15 is 0 Å². The largest absolute Gasteiger partial charge is 0.463 e. The summed E-state index contributed by atoms with van der Waals surface area (Å²) in [4.78, 5) is 24.1. The fourth-order valence-corrected chi connectivity index (χ4v) is 4.06. The molecule has 0 fully saturated rings. The number of esters is 1. The number of carbonyl (C=O) groups excluding carboxylic acids is 2. The highest BCUT2D eigenvalue weighted by Gasteiger charge is 2.17. The van der Waals surface area contributed by atoms with Gasteiger partial charge in [-0.2, -0.15) is 0 Å². The van der Waals surface area contributed by atoms with Gasteiger partial charge in [0.25, 0.3) is 0 Å². The van der Waals surface area contributed by atoms with Gasteiger partial charge in [-0.05, 0) is 42.8 Å². The van der Waals surface area contributed by atoms with Crippen LogP contribution in [0.2, 0.25) is 0 Å². The van der Waals surface area contributed by atoms with E-state index in [4.69, 9.17) is 4.74 Å². The number of nitrogens with one attached hydrogen (secondary N) is 1. The van der Waals surface area contributed by atoms with Crippen LogP contribution in [-0.2, 0) is 14.3 Å². The third-order valence-electron chi connectivity index (χ3n) is 4.91. The molecule has 176 valence electrons. The first kappa shape index (κ1) is 24.0. The number of carbonyl (C=O) groups is 2. The molecule has 0 saturated heterocycles. The van der Waals surface area contributed by atoms with E-state index in [0.29, 0.717) is 23.3 Å². The number of anilines is 1. The zero-order valence-corrected chi connectivity index (χ0v) is 19.9. The molecule has 0 aliphatic carbocycles. The molecule has 0 spiro atoms. The van der Waals surface area contributed by atoms with Crippen LogP contribution in [-0.4, -0.2) is 39.0 Å². The summed E-state index contributed by atoms with van der Waals surface area (Å²) < 4.78 is 6.83. The minimum absolute atomic E-state index is 0.159. The number of para-hydroxylation sites is 1. The lowest BCUT2D eigenvalue weighted by Gasteiger charge is -2.10. The minimum atomic E-state index is -0.388. The molecule has 4 aromatic rings. The van der Waals surface area contributed by atoms with Crippen LogP contribution >= 0.6 is 11.8 Å². The fraction of sp³-hybridized carbons (Fsp3) is 0.111. The molecule has 0 unspecified atom stereocenters. The van der Waals surface area contributed by atoms with Gasteiger partial charge in [-0.15, -0.1) is 10.2 Å². The SMILES string of the molecule is CCOC(=O)/C=C/c1ccc(NC(=O)CSc2nnc(-c3ccccc3)n2-c2ccccc2)cc1. The van der Waals surface area contributed by atoms with Crippen LogP contribution < -0.4 is 5.32 Å². The molecule has 1 heterocycles. The maximum atomic E-state index is 12.6. The first-order valence-electron chi connectivity index (χ1n) is 11.1. The van der Waals surface area contributed by atoms with Crippen molar-refractivity contribution in [2.24, 2.45) is 0 Å². The Morgan fingerprint density at radius 1 is 0.943 bits per heavy atom. The second kappa shape index (κ2) is 11.8. The Labute approximate surface area is 207 Å². The normalized spacial score (nSPS) is 10.9. The third kappa shape index (κ3) is 6.45. The summed E-state index contributed by atoms with van der Waals surface area (Å²) in [5.74, 6) is 0.338. The molecule has 1 amide bonds. The van der Waals surface area contributed by atoms with Crippen molar-refractivity contribution in [3.05, 3.63) is 96.6 Å². The van der Waals surface area contributed by atoms with Gasteiger partial charge in [-0.3, -0.25) is 9.36 Å². The van der Waals surface area contributed by atoms with Gasteiger partial charge in [0, 0.05) is 23.0 Å². The van der Waals surface area contributed by atoms with Gasteiger partial charge in [0.2, 0.25) is 5.91 Å². The summed E-state index contributed by atoms with van der Waals surface area (Å²) in [6.45, 7) is 2.09. The second-order valence-corrected chi connectivity index (χ2v) is 8.33. The maximum absolute atomic E-state index is 12.6. The standard InChI is InChI=1S/C27H24N4O3S/c1-2-34-25(33)18-15-20-13-16-22(17-14-20)28-24(32)19-35-27-30-29-26(21-9-5-3-6-10-21)31(27)23-11-7-4-8-12-23/h3-18H,2,19H2,1H3,(H,28,32)/b18-15+. The molecule has 0 radical (unpaired) electrons. The van der Waals surface area contributed by atoms with Crippen molar-refractivity contribution in [3.63, 3.8) is 0 Å². The number of thioether (sulfide) groups is 1. The molecule has 8 heteroatoms. The predicted octanol–water partition coefficient (Wildman–Crippen LogP) is 5.24. The number of amides is 1. The first-order chi connectivity index (χ1) is 17.1. The van der Waals surface area contributed by atoms with Gasteiger partial charge in [-0.25, -0.2) is 4.79 Å². The number of hydrogen-bond acceptors (Lipinski definition) is 6. The van der Waals surface area contributed by atoms with Gasteiger partial charge in [0.15, 0.2) is 11.0 Å². The van der Waals surface area contributed by atoms with E-state index in [2.05, 4.69) is 15.5 Å². The molecule has 0 aliphatic heterocycles. The van der Waals surface area contributed by atoms with Crippen molar-refractivity contribution in [2.75, 3.05) is 17.7 Å². The molecule has 0 saturated carbocycles. The van der Waals surface area contributed by atoms with Crippen LogP contribution in [0.3, 0.4) is 0 Å². The van der Waals surface area contributed by atoms with Crippen molar-refractivity contribution < 1.29 is 14.3 Å². The highest BCUT2D eigenvalue weighted by atomic mass is 32.2. The average Bonchev–Trinajstić information content (AvgIpc) is 3.32. The molecule has 7 nitrogen and oxygen atoms in total. The highest BCUT2D eigenvalue weighted by Crippen LogP contribution is 2.28. The van der Waals surface area contributed by atoms with Gasteiger partial charge in [0.05, 0.1) is 12.4 Å². The van der Waals surface area contributed by atoms with Crippen molar-refractivity contribution >= 4 is 35.4 Å². The number of ether oxygens (including phenoxy) is 1. The topological polar surface area (TPSA) is 86.1 Å². The van der Waals surface area contributed by atoms with E-state index in [1.54, 1.807) is 25.1 Å². The van der Waals surface area contributed by atoms with Crippen LogP contribution in [0.5, 0.6) is 0 Å². The molecule has 4 rings (SSSR count). The third-order valence-corrected chi connectivity index (χ3v) is 5.83. The zero-order chi connectivity index (χ0) is 24.5.